The van der Waals surface area contributed by atoms with Crippen LogP contribution in [0.25, 0.3) is 33.5 Å². The molecule has 1 N–H and O–H groups in total. The summed E-state index contributed by atoms with van der Waals surface area (Å²) in [4.78, 5) is 19.9. The van der Waals surface area contributed by atoms with Gasteiger partial charge in [0.25, 0.3) is 0 Å². The highest BCUT2D eigenvalue weighted by Gasteiger charge is 2.16. The molecular formula is C20H16N3O3-. The summed E-state index contributed by atoms with van der Waals surface area (Å²) >= 11 is 0. The smallest absolute Gasteiger partial charge is 0.196 e. The largest absolute Gasteiger partial charge is 0.550 e. The molecule has 0 aliphatic rings. The summed E-state index contributed by atoms with van der Waals surface area (Å²) in [7, 11) is 0. The molecule has 4 aromatic rings. The average Bonchev–Trinajstić information content (AvgIpc) is 3.04. The number of benzene rings is 2. The molecule has 2 aromatic carbocycles. The number of hydrogen-bond acceptors (Lipinski definition) is 6. The first-order valence-corrected chi connectivity index (χ1v) is 8.41. The van der Waals surface area contributed by atoms with Crippen LogP contribution in [0, 0.1) is 0 Å². The van der Waals surface area contributed by atoms with Crippen molar-refractivity contribution >= 4 is 33.9 Å². The van der Waals surface area contributed by atoms with E-state index in [1.54, 1.807) is 0 Å². The van der Waals surface area contributed by atoms with Gasteiger partial charge >= 0.3 is 0 Å². The lowest BCUT2D eigenvalue weighted by atomic mass is 10.2. The second-order valence-electron chi connectivity index (χ2n) is 5.94. The predicted octanol–water partition coefficient (Wildman–Crippen LogP) is 2.99. The molecule has 0 bridgehead atoms. The number of nitrogens with zero attached hydrogens (tertiary/aromatic N) is 2. The highest BCUT2D eigenvalue weighted by atomic mass is 16.4. The summed E-state index contributed by atoms with van der Waals surface area (Å²) in [5.41, 5.74) is 2.94. The third-order valence-electron chi connectivity index (χ3n) is 4.10. The molecule has 2 aromatic heterocycles. The van der Waals surface area contributed by atoms with E-state index < -0.39 is 5.97 Å². The zero-order valence-corrected chi connectivity index (χ0v) is 13.9. The molecule has 4 rings (SSSR count). The van der Waals surface area contributed by atoms with Gasteiger partial charge in [-0.3, -0.25) is 0 Å². The highest BCUT2D eigenvalue weighted by Crippen LogP contribution is 2.33. The number of rotatable bonds is 6. The summed E-state index contributed by atoms with van der Waals surface area (Å²) < 4.78 is 5.94. The number of hydrogen-bond donors (Lipinski definition) is 1. The van der Waals surface area contributed by atoms with Crippen LogP contribution in [0.3, 0.4) is 0 Å². The van der Waals surface area contributed by atoms with Crippen molar-refractivity contribution in [1.82, 2.24) is 9.97 Å². The number of carbonyl (C=O) groups is 1. The van der Waals surface area contributed by atoms with Crippen molar-refractivity contribution < 1.29 is 14.3 Å². The van der Waals surface area contributed by atoms with Gasteiger partial charge in [-0.15, -0.1) is 0 Å². The Bertz CT molecular complexity index is 1070. The van der Waals surface area contributed by atoms with Crippen LogP contribution >= 0.6 is 0 Å². The van der Waals surface area contributed by atoms with Crippen LogP contribution in [0.1, 0.15) is 12.8 Å². The van der Waals surface area contributed by atoms with E-state index in [2.05, 4.69) is 10.3 Å². The van der Waals surface area contributed by atoms with E-state index in [9.17, 15) is 9.90 Å². The number of aromatic nitrogens is 2. The summed E-state index contributed by atoms with van der Waals surface area (Å²) in [6.07, 6.45) is 0.432. The lowest BCUT2D eigenvalue weighted by molar-refractivity contribution is -0.305. The third-order valence-corrected chi connectivity index (χ3v) is 4.10. The van der Waals surface area contributed by atoms with Crippen LogP contribution < -0.4 is 10.4 Å². The summed E-state index contributed by atoms with van der Waals surface area (Å²) in [6, 6.07) is 17.4. The van der Waals surface area contributed by atoms with Crippen LogP contribution in [0.4, 0.5) is 5.82 Å². The van der Waals surface area contributed by atoms with Gasteiger partial charge < -0.3 is 19.6 Å². The normalized spacial score (nSPS) is 11.1. The molecule has 0 fully saturated rings. The summed E-state index contributed by atoms with van der Waals surface area (Å²) in [6.45, 7) is 0.450. The lowest BCUT2D eigenvalue weighted by Crippen LogP contribution is -2.22. The zero-order valence-electron chi connectivity index (χ0n) is 13.9. The predicted molar refractivity (Wildman–Crippen MR) is 97.5 cm³/mol. The number of nitrogens with one attached hydrogen (secondary N) is 1. The molecule has 0 unspecified atom stereocenters. The fraction of sp³-hybridized carbons (Fsp3) is 0.150. The third kappa shape index (κ3) is 3.09. The Morgan fingerprint density at radius 1 is 1.04 bits per heavy atom. The number of furan rings is 1. The van der Waals surface area contributed by atoms with Crippen molar-refractivity contribution in [3.8, 4) is 11.4 Å². The fourth-order valence-corrected chi connectivity index (χ4v) is 2.87. The van der Waals surface area contributed by atoms with Gasteiger partial charge in [0, 0.05) is 23.5 Å². The van der Waals surface area contributed by atoms with Gasteiger partial charge in [-0.05, 0) is 25.0 Å². The fourth-order valence-electron chi connectivity index (χ4n) is 2.87. The lowest BCUT2D eigenvalue weighted by Gasteiger charge is -2.08. The molecule has 0 aliphatic carbocycles. The van der Waals surface area contributed by atoms with Gasteiger partial charge in [0.05, 0.1) is 0 Å². The quantitative estimate of drug-likeness (QED) is 0.540. The number of carboxylic acid groups (broad SMARTS) is 1. The van der Waals surface area contributed by atoms with E-state index in [4.69, 9.17) is 9.40 Å². The Morgan fingerprint density at radius 3 is 2.62 bits per heavy atom. The maximum atomic E-state index is 10.6. The highest BCUT2D eigenvalue weighted by molar-refractivity contribution is 6.06. The van der Waals surface area contributed by atoms with Gasteiger partial charge in [0.2, 0.25) is 0 Å². The zero-order chi connectivity index (χ0) is 17.9. The molecule has 2 heterocycles. The van der Waals surface area contributed by atoms with Crippen molar-refractivity contribution in [1.29, 1.82) is 0 Å². The topological polar surface area (TPSA) is 91.1 Å². The van der Waals surface area contributed by atoms with E-state index in [1.807, 2.05) is 54.6 Å². The second kappa shape index (κ2) is 6.84. The Hall–Kier alpha value is -3.41. The molecule has 6 heteroatoms. The van der Waals surface area contributed by atoms with Crippen LogP contribution in [-0.4, -0.2) is 22.5 Å². The molecule has 6 nitrogen and oxygen atoms in total. The van der Waals surface area contributed by atoms with Gasteiger partial charge in [-0.1, -0.05) is 42.5 Å². The molecule has 0 amide bonds. The van der Waals surface area contributed by atoms with Crippen molar-refractivity contribution in [2.45, 2.75) is 12.8 Å². The van der Waals surface area contributed by atoms with E-state index in [0.29, 0.717) is 30.2 Å². The molecule has 130 valence electrons. The minimum atomic E-state index is -1.06. The van der Waals surface area contributed by atoms with E-state index in [-0.39, 0.29) is 6.42 Å². The number of anilines is 1. The first-order valence-electron chi connectivity index (χ1n) is 8.41. The molecule has 0 atom stereocenters. The monoisotopic (exact) mass is 346 g/mol. The maximum Gasteiger partial charge on any atom is 0.196 e. The number of aliphatic carboxylic acids is 1. The SMILES string of the molecule is O=C([O-])CCCNc1nc(-c2ccccc2)nc2c1oc1ccccc12. The van der Waals surface area contributed by atoms with Gasteiger partial charge in [-0.2, -0.15) is 0 Å². The van der Waals surface area contributed by atoms with Crippen LogP contribution in [-0.2, 0) is 4.79 Å². The van der Waals surface area contributed by atoms with E-state index in [1.165, 1.54) is 0 Å². The second-order valence-corrected chi connectivity index (χ2v) is 5.94. The Balaban J connectivity index is 1.80. The molecule has 0 aliphatic heterocycles. The van der Waals surface area contributed by atoms with Crippen molar-refractivity contribution in [2.24, 2.45) is 0 Å². The standard InChI is InChI=1S/C20H17N3O3/c24-16(25)11-6-12-21-20-18-17(14-9-4-5-10-15(14)26-18)22-19(23-20)13-7-2-1-3-8-13/h1-5,7-10H,6,11-12H2,(H,24,25)(H,21,22,23)/p-1. The van der Waals surface area contributed by atoms with Gasteiger partial charge in [0.1, 0.15) is 11.1 Å². The van der Waals surface area contributed by atoms with E-state index in [0.717, 1.165) is 22.0 Å². The summed E-state index contributed by atoms with van der Waals surface area (Å²) in [5, 5.41) is 14.7. The first-order chi connectivity index (χ1) is 12.7. The summed E-state index contributed by atoms with van der Waals surface area (Å²) in [5.74, 6) is 0.0869. The van der Waals surface area contributed by atoms with Crippen LogP contribution in [0.15, 0.2) is 59.0 Å². The molecule has 0 saturated heterocycles. The van der Waals surface area contributed by atoms with Crippen molar-refractivity contribution in [3.05, 3.63) is 54.6 Å². The first kappa shape index (κ1) is 16.1. The molecule has 26 heavy (non-hydrogen) atoms. The number of carboxylic acids is 1. The number of carbonyl (C=O) groups excluding carboxylic acids is 1. The Kier molecular flexibility index (Phi) is 4.23. The molecular weight excluding hydrogens is 330 g/mol. The molecule has 0 saturated carbocycles. The van der Waals surface area contributed by atoms with Gasteiger partial charge in [-0.25, -0.2) is 9.97 Å². The van der Waals surface area contributed by atoms with Crippen LogP contribution in [0.2, 0.25) is 0 Å². The van der Waals surface area contributed by atoms with Crippen molar-refractivity contribution in [3.63, 3.8) is 0 Å². The number of para-hydroxylation sites is 1. The average molecular weight is 346 g/mol. The minimum Gasteiger partial charge on any atom is -0.550 e. The Morgan fingerprint density at radius 2 is 1.81 bits per heavy atom. The van der Waals surface area contributed by atoms with E-state index >= 15 is 0 Å². The maximum absolute atomic E-state index is 10.6. The van der Waals surface area contributed by atoms with Gasteiger partial charge in [0.15, 0.2) is 17.2 Å². The Labute approximate surface area is 149 Å². The molecule has 0 radical (unpaired) electrons. The van der Waals surface area contributed by atoms with Crippen molar-refractivity contribution in [2.75, 3.05) is 11.9 Å². The number of fused-ring (bicyclic) bond motifs is 3. The minimum absolute atomic E-state index is 0.00704. The molecule has 0 spiro atoms. The van der Waals surface area contributed by atoms with Crippen LogP contribution in [0.5, 0.6) is 0 Å².